The number of guanidine groups is 1. The molecule has 0 saturated carbocycles. The van der Waals surface area contributed by atoms with Crippen LogP contribution in [0.15, 0.2) is 4.99 Å². The smallest absolute Gasteiger partial charge is 0.411 e. The fourth-order valence-corrected chi connectivity index (χ4v) is 2.55. The molecular formula is C16H29F3IN3O3. The summed E-state index contributed by atoms with van der Waals surface area (Å²) in [4.78, 5) is 18.3. The summed E-state index contributed by atoms with van der Waals surface area (Å²) in [6, 6.07) is 0. The van der Waals surface area contributed by atoms with Crippen LogP contribution in [0.25, 0.3) is 0 Å². The predicted octanol–water partition coefficient (Wildman–Crippen LogP) is 2.81. The number of ether oxygens (including phenoxy) is 2. The van der Waals surface area contributed by atoms with Gasteiger partial charge in [0, 0.05) is 32.8 Å². The van der Waals surface area contributed by atoms with Crippen molar-refractivity contribution >= 4 is 35.9 Å². The number of rotatable bonds is 8. The minimum Gasteiger partial charge on any atom is -0.466 e. The van der Waals surface area contributed by atoms with Crippen LogP contribution in [-0.2, 0) is 14.3 Å². The first-order valence-electron chi connectivity index (χ1n) is 8.71. The Labute approximate surface area is 169 Å². The Morgan fingerprint density at radius 1 is 1.27 bits per heavy atom. The molecule has 0 aromatic carbocycles. The Hall–Kier alpha value is -0.780. The number of alkyl halides is 3. The van der Waals surface area contributed by atoms with Crippen molar-refractivity contribution < 1.29 is 27.4 Å². The van der Waals surface area contributed by atoms with Crippen molar-refractivity contribution in [2.45, 2.75) is 39.3 Å². The van der Waals surface area contributed by atoms with E-state index >= 15 is 0 Å². The Balaban J connectivity index is 0.00000625. The molecule has 6 nitrogen and oxygen atoms in total. The van der Waals surface area contributed by atoms with E-state index in [2.05, 4.69) is 19.9 Å². The molecule has 0 aliphatic carbocycles. The number of carbonyl (C=O) groups excluding carboxylic acids is 1. The number of carbonyl (C=O) groups is 1. The van der Waals surface area contributed by atoms with Gasteiger partial charge >= 0.3 is 12.1 Å². The van der Waals surface area contributed by atoms with Gasteiger partial charge in [-0.2, -0.15) is 13.2 Å². The number of hydrogen-bond acceptors (Lipinski definition) is 4. The first-order chi connectivity index (χ1) is 11.9. The molecule has 1 N–H and O–H groups in total. The first-order valence-corrected chi connectivity index (χ1v) is 8.71. The summed E-state index contributed by atoms with van der Waals surface area (Å²) >= 11 is 0. The molecule has 26 heavy (non-hydrogen) atoms. The minimum absolute atomic E-state index is 0. The lowest BCUT2D eigenvalue weighted by atomic mass is 9.97. The zero-order chi connectivity index (χ0) is 18.7. The number of piperidine rings is 1. The highest BCUT2D eigenvalue weighted by molar-refractivity contribution is 14.0. The van der Waals surface area contributed by atoms with E-state index < -0.39 is 12.8 Å². The lowest BCUT2D eigenvalue weighted by Crippen LogP contribution is -2.46. The van der Waals surface area contributed by atoms with E-state index in [1.807, 2.05) is 6.92 Å². The van der Waals surface area contributed by atoms with Gasteiger partial charge in [-0.15, -0.1) is 24.0 Å². The van der Waals surface area contributed by atoms with E-state index in [0.29, 0.717) is 52.0 Å². The average Bonchev–Trinajstić information content (AvgIpc) is 2.56. The molecule has 0 spiro atoms. The maximum atomic E-state index is 12.0. The van der Waals surface area contributed by atoms with E-state index in [0.717, 1.165) is 5.96 Å². The highest BCUT2D eigenvalue weighted by atomic mass is 127. The standard InChI is InChI=1S/C16H28F3N3O3.HI/c1-3-20-15(21-8-5-11-24-12-16(17,18)19)22-9-6-13(7-10-22)14(23)25-4-2;/h13H,3-12H2,1-2H3,(H,20,21);1H. The summed E-state index contributed by atoms with van der Waals surface area (Å²) in [5.74, 6) is 0.501. The molecule has 1 saturated heterocycles. The summed E-state index contributed by atoms with van der Waals surface area (Å²) in [6.07, 6.45) is -2.46. The van der Waals surface area contributed by atoms with Crippen LogP contribution < -0.4 is 5.32 Å². The summed E-state index contributed by atoms with van der Waals surface area (Å²) in [5, 5.41) is 3.18. The number of hydrogen-bond donors (Lipinski definition) is 1. The van der Waals surface area contributed by atoms with E-state index in [9.17, 15) is 18.0 Å². The molecule has 154 valence electrons. The summed E-state index contributed by atoms with van der Waals surface area (Å²) in [7, 11) is 0. The van der Waals surface area contributed by atoms with Crippen LogP contribution in [0, 0.1) is 5.92 Å². The first kappa shape index (κ1) is 25.2. The zero-order valence-corrected chi connectivity index (χ0v) is 17.6. The van der Waals surface area contributed by atoms with Gasteiger partial charge in [0.2, 0.25) is 0 Å². The minimum atomic E-state index is -4.29. The van der Waals surface area contributed by atoms with Gasteiger partial charge in [-0.1, -0.05) is 0 Å². The van der Waals surface area contributed by atoms with E-state index in [1.165, 1.54) is 0 Å². The van der Waals surface area contributed by atoms with Gasteiger partial charge < -0.3 is 19.7 Å². The molecule has 0 bridgehead atoms. The third-order valence-electron chi connectivity index (χ3n) is 3.72. The van der Waals surface area contributed by atoms with E-state index in [-0.39, 0.29) is 42.5 Å². The van der Waals surface area contributed by atoms with Crippen molar-refractivity contribution in [3.05, 3.63) is 0 Å². The molecule has 1 fully saturated rings. The molecule has 0 atom stereocenters. The number of halogens is 4. The van der Waals surface area contributed by atoms with Crippen molar-refractivity contribution in [1.82, 2.24) is 10.2 Å². The largest absolute Gasteiger partial charge is 0.466 e. The second-order valence-electron chi connectivity index (χ2n) is 5.77. The number of nitrogens with zero attached hydrogens (tertiary/aromatic N) is 2. The molecule has 0 aromatic heterocycles. The van der Waals surface area contributed by atoms with Crippen LogP contribution in [0.5, 0.6) is 0 Å². The lowest BCUT2D eigenvalue weighted by Gasteiger charge is -2.33. The van der Waals surface area contributed by atoms with Crippen molar-refractivity contribution in [1.29, 1.82) is 0 Å². The molecule has 0 unspecified atom stereocenters. The Morgan fingerprint density at radius 3 is 2.46 bits per heavy atom. The molecule has 0 aromatic rings. The van der Waals surface area contributed by atoms with Crippen LogP contribution in [0.3, 0.4) is 0 Å². The molecule has 0 radical (unpaired) electrons. The van der Waals surface area contributed by atoms with Crippen LogP contribution in [0.4, 0.5) is 13.2 Å². The molecule has 1 heterocycles. The Morgan fingerprint density at radius 2 is 1.92 bits per heavy atom. The number of esters is 1. The SMILES string of the molecule is CCNC(=NCCCOCC(F)(F)F)N1CCC(C(=O)OCC)CC1.I. The van der Waals surface area contributed by atoms with Crippen LogP contribution in [-0.4, -0.2) is 69.0 Å². The fraction of sp³-hybridized carbons (Fsp3) is 0.875. The maximum absolute atomic E-state index is 12.0. The fourth-order valence-electron chi connectivity index (χ4n) is 2.55. The summed E-state index contributed by atoms with van der Waals surface area (Å²) in [5.41, 5.74) is 0. The Kier molecular flexibility index (Phi) is 13.0. The molecule has 1 aliphatic rings. The van der Waals surface area contributed by atoms with Crippen LogP contribution in [0.2, 0.25) is 0 Å². The topological polar surface area (TPSA) is 63.2 Å². The highest BCUT2D eigenvalue weighted by Crippen LogP contribution is 2.19. The number of nitrogens with one attached hydrogen (secondary N) is 1. The number of likely N-dealkylation sites (tertiary alicyclic amines) is 1. The third-order valence-corrected chi connectivity index (χ3v) is 3.72. The normalized spacial score (nSPS) is 16.2. The summed E-state index contributed by atoms with van der Waals surface area (Å²) < 4.78 is 45.5. The van der Waals surface area contributed by atoms with Gasteiger partial charge in [0.05, 0.1) is 12.5 Å². The monoisotopic (exact) mass is 495 g/mol. The van der Waals surface area contributed by atoms with Crippen molar-refractivity contribution in [2.75, 3.05) is 46.0 Å². The van der Waals surface area contributed by atoms with Crippen molar-refractivity contribution in [3.8, 4) is 0 Å². The number of aliphatic imine (C=N–C) groups is 1. The second kappa shape index (κ2) is 13.4. The van der Waals surface area contributed by atoms with Crippen LogP contribution in [0.1, 0.15) is 33.1 Å². The van der Waals surface area contributed by atoms with E-state index in [1.54, 1.807) is 6.92 Å². The molecule has 10 heteroatoms. The van der Waals surface area contributed by atoms with Crippen molar-refractivity contribution in [3.63, 3.8) is 0 Å². The van der Waals surface area contributed by atoms with Gasteiger partial charge in [0.1, 0.15) is 6.61 Å². The molecule has 1 rings (SSSR count). The van der Waals surface area contributed by atoms with Crippen LogP contribution >= 0.6 is 24.0 Å². The second-order valence-corrected chi connectivity index (χ2v) is 5.77. The third kappa shape index (κ3) is 10.4. The Bertz CT molecular complexity index is 429. The van der Waals surface area contributed by atoms with Gasteiger partial charge in [0.25, 0.3) is 0 Å². The predicted molar refractivity (Wildman–Crippen MR) is 104 cm³/mol. The zero-order valence-electron chi connectivity index (χ0n) is 15.3. The van der Waals surface area contributed by atoms with Gasteiger partial charge in [-0.25, -0.2) is 0 Å². The van der Waals surface area contributed by atoms with Gasteiger partial charge in [-0.3, -0.25) is 9.79 Å². The highest BCUT2D eigenvalue weighted by Gasteiger charge is 2.28. The summed E-state index contributed by atoms with van der Waals surface area (Å²) in [6.45, 7) is 5.40. The van der Waals surface area contributed by atoms with E-state index in [4.69, 9.17) is 4.74 Å². The molecule has 0 amide bonds. The average molecular weight is 495 g/mol. The maximum Gasteiger partial charge on any atom is 0.411 e. The van der Waals surface area contributed by atoms with Gasteiger partial charge in [-0.05, 0) is 33.1 Å². The quantitative estimate of drug-likeness (QED) is 0.185. The molecular weight excluding hydrogens is 466 g/mol. The van der Waals surface area contributed by atoms with Gasteiger partial charge in [0.15, 0.2) is 5.96 Å². The van der Waals surface area contributed by atoms with Crippen molar-refractivity contribution in [2.24, 2.45) is 10.9 Å². The lowest BCUT2D eigenvalue weighted by molar-refractivity contribution is -0.173. The molecule has 1 aliphatic heterocycles.